The third kappa shape index (κ3) is 4.56. The fraction of sp³-hybridized carbons (Fsp3) is 0.579. The van der Waals surface area contributed by atoms with E-state index < -0.39 is 4.92 Å². The number of anilines is 1. The van der Waals surface area contributed by atoms with Crippen molar-refractivity contribution in [2.75, 3.05) is 37.6 Å². The maximum Gasteiger partial charge on any atom is 0.282 e. The second-order valence-electron chi connectivity index (χ2n) is 7.35. The van der Waals surface area contributed by atoms with Crippen molar-refractivity contribution in [1.82, 2.24) is 10.2 Å². The van der Waals surface area contributed by atoms with Crippen LogP contribution >= 0.6 is 0 Å². The fourth-order valence-electron chi connectivity index (χ4n) is 3.90. The molecule has 3 rings (SSSR count). The summed E-state index contributed by atoms with van der Waals surface area (Å²) in [6.07, 6.45) is 3.90. The molecule has 2 aliphatic heterocycles. The number of piperidine rings is 1. The first kappa shape index (κ1) is 19.1. The fourth-order valence-corrected chi connectivity index (χ4v) is 3.90. The van der Waals surface area contributed by atoms with Crippen molar-refractivity contribution in [2.45, 2.75) is 32.6 Å². The van der Waals surface area contributed by atoms with Crippen molar-refractivity contribution >= 4 is 23.2 Å². The van der Waals surface area contributed by atoms with Gasteiger partial charge in [-0.25, -0.2) is 0 Å². The Hall–Kier alpha value is -2.64. The Labute approximate surface area is 158 Å². The summed E-state index contributed by atoms with van der Waals surface area (Å²) >= 11 is 0. The Balaban J connectivity index is 1.81. The first-order valence-corrected chi connectivity index (χ1v) is 9.53. The number of amides is 2. The van der Waals surface area contributed by atoms with E-state index in [9.17, 15) is 19.7 Å². The van der Waals surface area contributed by atoms with Gasteiger partial charge in [0.2, 0.25) is 5.91 Å². The van der Waals surface area contributed by atoms with Crippen LogP contribution < -0.4 is 10.2 Å². The van der Waals surface area contributed by atoms with Gasteiger partial charge in [0.1, 0.15) is 5.56 Å². The van der Waals surface area contributed by atoms with Gasteiger partial charge in [0, 0.05) is 51.4 Å². The first-order chi connectivity index (χ1) is 13.0. The summed E-state index contributed by atoms with van der Waals surface area (Å²) in [6, 6.07) is 4.83. The highest BCUT2D eigenvalue weighted by Gasteiger charge is 2.28. The van der Waals surface area contributed by atoms with Crippen LogP contribution in [0.25, 0.3) is 0 Å². The molecule has 2 aliphatic rings. The minimum absolute atomic E-state index is 0.0408. The molecule has 1 aromatic rings. The molecule has 0 radical (unpaired) electrons. The highest BCUT2D eigenvalue weighted by Crippen LogP contribution is 2.30. The highest BCUT2D eigenvalue weighted by molar-refractivity contribution is 5.99. The number of benzene rings is 1. The Morgan fingerprint density at radius 3 is 2.63 bits per heavy atom. The van der Waals surface area contributed by atoms with Crippen LogP contribution in [0.1, 0.15) is 43.0 Å². The van der Waals surface area contributed by atoms with E-state index in [4.69, 9.17) is 0 Å². The predicted octanol–water partition coefficient (Wildman–Crippen LogP) is 2.18. The molecule has 2 amide bonds. The molecule has 1 unspecified atom stereocenters. The van der Waals surface area contributed by atoms with Crippen LogP contribution in [-0.2, 0) is 4.79 Å². The van der Waals surface area contributed by atoms with E-state index in [1.165, 1.54) is 13.0 Å². The van der Waals surface area contributed by atoms with Crippen LogP contribution in [0.3, 0.4) is 0 Å². The van der Waals surface area contributed by atoms with Gasteiger partial charge in [0.05, 0.1) is 4.92 Å². The Kier molecular flexibility index (Phi) is 5.93. The number of nitro benzene ring substituents is 1. The minimum atomic E-state index is -0.483. The minimum Gasteiger partial charge on any atom is -0.371 e. The second-order valence-corrected chi connectivity index (χ2v) is 7.35. The maximum atomic E-state index is 12.8. The van der Waals surface area contributed by atoms with Gasteiger partial charge in [0.25, 0.3) is 11.6 Å². The number of carbonyl (C=O) groups excluding carboxylic acids is 2. The zero-order valence-corrected chi connectivity index (χ0v) is 15.6. The lowest BCUT2D eigenvalue weighted by atomic mass is 9.97. The van der Waals surface area contributed by atoms with Crippen LogP contribution in [0.15, 0.2) is 18.2 Å². The van der Waals surface area contributed by atoms with Gasteiger partial charge in [0.15, 0.2) is 0 Å². The molecule has 8 heteroatoms. The highest BCUT2D eigenvalue weighted by atomic mass is 16.6. The van der Waals surface area contributed by atoms with Crippen LogP contribution in [0, 0.1) is 16.0 Å². The quantitative estimate of drug-likeness (QED) is 0.629. The standard InChI is InChI=1S/C19H26N4O4/c1-14(24)20-12-15-5-4-10-22(13-15)16-6-7-18(23(26)27)17(11-16)19(25)21-8-2-3-9-21/h6-7,11,15H,2-5,8-10,12-13H2,1H3,(H,20,24). The average Bonchev–Trinajstić information content (AvgIpc) is 3.20. The molecule has 0 aromatic heterocycles. The van der Waals surface area contributed by atoms with Crippen LogP contribution in [-0.4, -0.2) is 54.4 Å². The summed E-state index contributed by atoms with van der Waals surface area (Å²) in [7, 11) is 0. The third-order valence-electron chi connectivity index (χ3n) is 5.32. The van der Waals surface area contributed by atoms with Gasteiger partial charge in [-0.05, 0) is 43.7 Å². The lowest BCUT2D eigenvalue weighted by Crippen LogP contribution is -2.40. The molecule has 2 saturated heterocycles. The van der Waals surface area contributed by atoms with E-state index in [-0.39, 0.29) is 23.1 Å². The van der Waals surface area contributed by atoms with Crippen LogP contribution in [0.2, 0.25) is 0 Å². The molecule has 8 nitrogen and oxygen atoms in total. The normalized spacial score (nSPS) is 19.8. The summed E-state index contributed by atoms with van der Waals surface area (Å²) in [6.45, 7) is 5.04. The number of hydrogen-bond acceptors (Lipinski definition) is 5. The van der Waals surface area contributed by atoms with E-state index in [1.807, 2.05) is 0 Å². The molecule has 1 N–H and O–H groups in total. The Bertz CT molecular complexity index is 730. The van der Waals surface area contributed by atoms with Gasteiger partial charge in [-0.15, -0.1) is 0 Å². The van der Waals surface area contributed by atoms with Crippen LogP contribution in [0.5, 0.6) is 0 Å². The van der Waals surface area contributed by atoms with Gasteiger partial charge in [-0.1, -0.05) is 0 Å². The average molecular weight is 374 g/mol. The first-order valence-electron chi connectivity index (χ1n) is 9.53. The Morgan fingerprint density at radius 2 is 1.96 bits per heavy atom. The number of nitrogens with zero attached hydrogens (tertiary/aromatic N) is 3. The largest absolute Gasteiger partial charge is 0.371 e. The van der Waals surface area contributed by atoms with Gasteiger partial charge >= 0.3 is 0 Å². The number of nitro groups is 1. The Morgan fingerprint density at radius 1 is 1.22 bits per heavy atom. The van der Waals surface area contributed by atoms with E-state index in [0.717, 1.165) is 44.5 Å². The molecule has 146 valence electrons. The molecule has 0 saturated carbocycles. The molecule has 27 heavy (non-hydrogen) atoms. The van der Waals surface area contributed by atoms with Gasteiger partial charge in [-0.3, -0.25) is 19.7 Å². The molecule has 2 fully saturated rings. The van der Waals surface area contributed by atoms with Gasteiger partial charge < -0.3 is 15.1 Å². The van der Waals surface area contributed by atoms with Crippen molar-refractivity contribution in [3.8, 4) is 0 Å². The number of carbonyl (C=O) groups is 2. The lowest BCUT2D eigenvalue weighted by Gasteiger charge is -2.34. The second kappa shape index (κ2) is 8.37. The molecule has 0 aliphatic carbocycles. The molecule has 1 atom stereocenters. The monoisotopic (exact) mass is 374 g/mol. The number of likely N-dealkylation sites (tertiary alicyclic amines) is 1. The zero-order chi connectivity index (χ0) is 19.4. The summed E-state index contributed by atoms with van der Waals surface area (Å²) in [5, 5.41) is 14.3. The third-order valence-corrected chi connectivity index (χ3v) is 5.32. The molecular formula is C19H26N4O4. The summed E-state index contributed by atoms with van der Waals surface area (Å²) < 4.78 is 0. The molecule has 1 aromatic carbocycles. The summed E-state index contributed by atoms with van der Waals surface area (Å²) in [4.78, 5) is 38.7. The zero-order valence-electron chi connectivity index (χ0n) is 15.6. The van der Waals surface area contributed by atoms with E-state index >= 15 is 0 Å². The van der Waals surface area contributed by atoms with Crippen molar-refractivity contribution < 1.29 is 14.5 Å². The molecule has 0 spiro atoms. The molecule has 2 heterocycles. The van der Waals surface area contributed by atoms with E-state index in [1.54, 1.807) is 17.0 Å². The number of rotatable bonds is 5. The smallest absolute Gasteiger partial charge is 0.282 e. The van der Waals surface area contributed by atoms with Crippen LogP contribution in [0.4, 0.5) is 11.4 Å². The van der Waals surface area contributed by atoms with Crippen molar-refractivity contribution in [3.63, 3.8) is 0 Å². The van der Waals surface area contributed by atoms with Crippen molar-refractivity contribution in [3.05, 3.63) is 33.9 Å². The molecular weight excluding hydrogens is 348 g/mol. The molecule has 0 bridgehead atoms. The maximum absolute atomic E-state index is 12.8. The van der Waals surface area contributed by atoms with Gasteiger partial charge in [-0.2, -0.15) is 0 Å². The number of nitrogens with one attached hydrogen (secondary N) is 1. The van der Waals surface area contributed by atoms with E-state index in [0.29, 0.717) is 25.6 Å². The summed E-state index contributed by atoms with van der Waals surface area (Å²) in [5.41, 5.74) is 0.863. The predicted molar refractivity (Wildman–Crippen MR) is 102 cm³/mol. The lowest BCUT2D eigenvalue weighted by molar-refractivity contribution is -0.385. The number of hydrogen-bond donors (Lipinski definition) is 1. The van der Waals surface area contributed by atoms with E-state index in [2.05, 4.69) is 10.2 Å². The summed E-state index contributed by atoms with van der Waals surface area (Å²) in [5.74, 6) is 0.0318. The topological polar surface area (TPSA) is 95.8 Å². The van der Waals surface area contributed by atoms with Crippen molar-refractivity contribution in [2.24, 2.45) is 5.92 Å². The SMILES string of the molecule is CC(=O)NCC1CCCN(c2ccc([N+](=O)[O-])c(C(=O)N3CCCC3)c2)C1. The van der Waals surface area contributed by atoms with Crippen molar-refractivity contribution in [1.29, 1.82) is 0 Å².